The molecule has 0 saturated heterocycles. The van der Waals surface area contributed by atoms with Gasteiger partial charge in [0, 0.05) is 30.4 Å². The molecule has 0 bridgehead atoms. The average molecular weight is 347 g/mol. The van der Waals surface area contributed by atoms with E-state index in [0.717, 1.165) is 34.3 Å². The van der Waals surface area contributed by atoms with Crippen molar-refractivity contribution in [1.29, 1.82) is 0 Å². The Hall–Kier alpha value is -1.93. The van der Waals surface area contributed by atoms with Crippen LogP contribution in [0.5, 0.6) is 0 Å². The minimum absolute atomic E-state index is 0.233. The Bertz CT molecular complexity index is 983. The lowest BCUT2D eigenvalue weighted by Gasteiger charge is -2.19. The number of aromatic nitrogens is 4. The number of H-pyrrole nitrogens is 1. The van der Waals surface area contributed by atoms with Gasteiger partial charge in [-0.2, -0.15) is 0 Å². The maximum atomic E-state index is 11.4. The number of rotatable bonds is 4. The zero-order valence-electron chi connectivity index (χ0n) is 13.6. The highest BCUT2D eigenvalue weighted by Gasteiger charge is 2.20. The van der Waals surface area contributed by atoms with Crippen LogP contribution in [0.4, 0.5) is 0 Å². The first-order valence-corrected chi connectivity index (χ1v) is 10.2. The lowest BCUT2D eigenvalue weighted by Crippen LogP contribution is -2.21. The molecule has 3 heterocycles. The zero-order chi connectivity index (χ0) is 16.7. The number of nitrogens with zero attached hydrogens (tertiary/aromatic N) is 3. The molecule has 0 amide bonds. The van der Waals surface area contributed by atoms with E-state index in [2.05, 4.69) is 20.9 Å². The number of imidazole rings is 1. The van der Waals surface area contributed by atoms with E-state index in [1.165, 1.54) is 32.1 Å². The van der Waals surface area contributed by atoms with Gasteiger partial charge in [0.05, 0.1) is 23.7 Å². The van der Waals surface area contributed by atoms with Crippen LogP contribution >= 0.6 is 0 Å². The summed E-state index contributed by atoms with van der Waals surface area (Å²) < 4.78 is 27.3. The van der Waals surface area contributed by atoms with Crippen molar-refractivity contribution in [3.05, 3.63) is 29.8 Å². The highest BCUT2D eigenvalue weighted by Crippen LogP contribution is 2.32. The van der Waals surface area contributed by atoms with E-state index in [0.29, 0.717) is 5.92 Å². The Morgan fingerprint density at radius 3 is 2.88 bits per heavy atom. The summed E-state index contributed by atoms with van der Waals surface area (Å²) in [6.07, 6.45) is 13.0. The van der Waals surface area contributed by atoms with E-state index in [1.807, 2.05) is 4.40 Å². The van der Waals surface area contributed by atoms with Gasteiger partial charge in [0.15, 0.2) is 11.3 Å². The minimum atomic E-state index is -3.24. The third-order valence-corrected chi connectivity index (χ3v) is 5.43. The molecular weight excluding hydrogens is 326 g/mol. The van der Waals surface area contributed by atoms with Gasteiger partial charge in [-0.25, -0.2) is 23.1 Å². The van der Waals surface area contributed by atoms with Crippen molar-refractivity contribution in [2.45, 2.75) is 44.6 Å². The average Bonchev–Trinajstić information content (AvgIpc) is 3.16. The summed E-state index contributed by atoms with van der Waals surface area (Å²) in [6.45, 7) is 0.233. The number of fused-ring (bicyclic) bond motifs is 3. The van der Waals surface area contributed by atoms with E-state index >= 15 is 0 Å². The molecule has 24 heavy (non-hydrogen) atoms. The van der Waals surface area contributed by atoms with Crippen molar-refractivity contribution >= 4 is 26.8 Å². The van der Waals surface area contributed by atoms with Crippen molar-refractivity contribution < 1.29 is 8.42 Å². The van der Waals surface area contributed by atoms with E-state index in [1.54, 1.807) is 12.4 Å². The quantitative estimate of drug-likeness (QED) is 0.757. The van der Waals surface area contributed by atoms with Crippen molar-refractivity contribution in [2.75, 3.05) is 6.26 Å². The molecule has 0 aliphatic heterocycles. The molecule has 7 nitrogen and oxygen atoms in total. The van der Waals surface area contributed by atoms with Crippen molar-refractivity contribution in [2.24, 2.45) is 0 Å². The van der Waals surface area contributed by atoms with Gasteiger partial charge in [-0.15, -0.1) is 0 Å². The molecule has 0 unspecified atom stereocenters. The van der Waals surface area contributed by atoms with Gasteiger partial charge < -0.3 is 4.98 Å². The topological polar surface area (TPSA) is 92.1 Å². The van der Waals surface area contributed by atoms with Crippen LogP contribution in [0.2, 0.25) is 0 Å². The van der Waals surface area contributed by atoms with E-state index in [4.69, 9.17) is 4.98 Å². The van der Waals surface area contributed by atoms with Gasteiger partial charge in [-0.1, -0.05) is 19.3 Å². The first-order valence-electron chi connectivity index (χ1n) is 8.30. The predicted octanol–water partition coefficient (Wildman–Crippen LogP) is 2.31. The number of hydrogen-bond acceptors (Lipinski definition) is 4. The SMILES string of the molecule is CS(=O)(=O)NCc1c[nH]c2ncc3nc(C4CCCCC4)cn3c12. The Balaban J connectivity index is 1.77. The van der Waals surface area contributed by atoms with Crippen LogP contribution in [0.1, 0.15) is 49.3 Å². The fourth-order valence-electron chi connectivity index (χ4n) is 3.56. The monoisotopic (exact) mass is 347 g/mol. The highest BCUT2D eigenvalue weighted by atomic mass is 32.2. The van der Waals surface area contributed by atoms with Gasteiger partial charge in [0.2, 0.25) is 10.0 Å². The van der Waals surface area contributed by atoms with Crippen molar-refractivity contribution in [1.82, 2.24) is 24.1 Å². The van der Waals surface area contributed by atoms with Crippen molar-refractivity contribution in [3.63, 3.8) is 0 Å². The molecule has 1 fully saturated rings. The first kappa shape index (κ1) is 15.6. The minimum Gasteiger partial charge on any atom is -0.345 e. The molecule has 1 saturated carbocycles. The van der Waals surface area contributed by atoms with Gasteiger partial charge in [0.25, 0.3) is 0 Å². The molecule has 0 radical (unpaired) electrons. The van der Waals surface area contributed by atoms with Crippen LogP contribution in [0.3, 0.4) is 0 Å². The molecule has 128 valence electrons. The third kappa shape index (κ3) is 2.91. The van der Waals surface area contributed by atoms with Crippen LogP contribution in [-0.2, 0) is 16.6 Å². The largest absolute Gasteiger partial charge is 0.345 e. The second-order valence-electron chi connectivity index (χ2n) is 6.59. The lowest BCUT2D eigenvalue weighted by atomic mass is 9.87. The summed E-state index contributed by atoms with van der Waals surface area (Å²) in [5.41, 5.74) is 4.41. The normalized spacial score (nSPS) is 17.0. The predicted molar refractivity (Wildman–Crippen MR) is 92.4 cm³/mol. The smallest absolute Gasteiger partial charge is 0.209 e. The standard InChI is InChI=1S/C16H21N5O2S/c1-24(22,23)19-8-12-7-17-16-15(12)21-10-13(20-14(21)9-18-16)11-5-3-2-4-6-11/h7,9-11,17,19H,2-6,8H2,1H3. The zero-order valence-corrected chi connectivity index (χ0v) is 14.4. The molecule has 0 atom stereocenters. The fraction of sp³-hybridized carbons (Fsp3) is 0.500. The molecule has 4 rings (SSSR count). The van der Waals surface area contributed by atoms with Crippen LogP contribution < -0.4 is 4.72 Å². The van der Waals surface area contributed by atoms with Gasteiger partial charge in [-0.3, -0.25) is 4.40 Å². The summed E-state index contributed by atoms with van der Waals surface area (Å²) in [6, 6.07) is 0. The first-order chi connectivity index (χ1) is 11.5. The summed E-state index contributed by atoms with van der Waals surface area (Å²) in [7, 11) is -3.24. The Labute approximate surface area is 140 Å². The Morgan fingerprint density at radius 2 is 2.12 bits per heavy atom. The third-order valence-electron chi connectivity index (χ3n) is 4.76. The van der Waals surface area contributed by atoms with E-state index in [9.17, 15) is 8.42 Å². The Morgan fingerprint density at radius 1 is 1.33 bits per heavy atom. The molecule has 0 aromatic carbocycles. The molecule has 0 spiro atoms. The second-order valence-corrected chi connectivity index (χ2v) is 8.42. The van der Waals surface area contributed by atoms with Crippen LogP contribution in [-0.4, -0.2) is 34.0 Å². The van der Waals surface area contributed by atoms with Crippen LogP contribution in [0.15, 0.2) is 18.6 Å². The number of nitrogens with one attached hydrogen (secondary N) is 2. The van der Waals surface area contributed by atoms with Crippen molar-refractivity contribution in [3.8, 4) is 0 Å². The lowest BCUT2D eigenvalue weighted by molar-refractivity contribution is 0.438. The Kier molecular flexibility index (Phi) is 3.80. The number of hydrogen-bond donors (Lipinski definition) is 2. The van der Waals surface area contributed by atoms with Gasteiger partial charge in [-0.05, 0) is 12.8 Å². The van der Waals surface area contributed by atoms with Gasteiger partial charge in [0.1, 0.15) is 0 Å². The summed E-state index contributed by atoms with van der Waals surface area (Å²) in [5, 5.41) is 0. The molecule has 2 N–H and O–H groups in total. The molecule has 1 aliphatic rings. The summed E-state index contributed by atoms with van der Waals surface area (Å²) in [5.74, 6) is 0.519. The maximum absolute atomic E-state index is 11.4. The molecule has 3 aromatic rings. The van der Waals surface area contributed by atoms with E-state index < -0.39 is 10.0 Å². The van der Waals surface area contributed by atoms with Crippen LogP contribution in [0, 0.1) is 0 Å². The highest BCUT2D eigenvalue weighted by molar-refractivity contribution is 7.88. The molecule has 8 heteroatoms. The van der Waals surface area contributed by atoms with Gasteiger partial charge >= 0.3 is 0 Å². The summed E-state index contributed by atoms with van der Waals surface area (Å²) >= 11 is 0. The number of sulfonamides is 1. The maximum Gasteiger partial charge on any atom is 0.209 e. The number of aromatic amines is 1. The summed E-state index contributed by atoms with van der Waals surface area (Å²) in [4.78, 5) is 12.3. The molecule has 1 aliphatic carbocycles. The second kappa shape index (κ2) is 5.86. The van der Waals surface area contributed by atoms with Crippen LogP contribution in [0.25, 0.3) is 16.8 Å². The molecular formula is C16H21N5O2S. The van der Waals surface area contributed by atoms with E-state index in [-0.39, 0.29) is 6.54 Å². The fourth-order valence-corrected chi connectivity index (χ4v) is 3.97. The molecule has 3 aromatic heterocycles.